The molecule has 0 bridgehead atoms. The Morgan fingerprint density at radius 2 is 2.12 bits per heavy atom. The zero-order chi connectivity index (χ0) is 12.8. The number of nitrogens with one attached hydrogen (secondary N) is 1. The van der Waals surface area contributed by atoms with Crippen LogP contribution in [-0.2, 0) is 11.3 Å². The number of carbonyl (C=O) groups is 1. The van der Waals surface area contributed by atoms with Crippen molar-refractivity contribution in [3.8, 4) is 5.75 Å². The van der Waals surface area contributed by atoms with Crippen molar-refractivity contribution in [1.29, 1.82) is 0 Å². The lowest BCUT2D eigenvalue weighted by atomic mass is 10.2. The summed E-state index contributed by atoms with van der Waals surface area (Å²) in [6, 6.07) is 1.99. The molecule has 0 aromatic heterocycles. The number of halogens is 2. The molecular formula is C11H13F2NO3. The number of rotatable bonds is 6. The zero-order valence-electron chi connectivity index (χ0n) is 9.30. The summed E-state index contributed by atoms with van der Waals surface area (Å²) in [6.45, 7) is 0.266. The molecule has 0 saturated carbocycles. The number of hydrogen-bond acceptors (Lipinski definition) is 3. The number of carboxylic acids is 1. The standard InChI is InChI=1S/C11H13F2NO3/c1-17-10-5-8(12)7(4-9(10)13)6-14-3-2-11(15)16/h4-5,14H,2-3,6H2,1H3,(H,15,16). The summed E-state index contributed by atoms with van der Waals surface area (Å²) < 4.78 is 31.3. The third-order valence-corrected chi connectivity index (χ3v) is 2.15. The second kappa shape index (κ2) is 6.15. The summed E-state index contributed by atoms with van der Waals surface area (Å²) in [5.41, 5.74) is 0.133. The molecule has 0 radical (unpaired) electrons. The number of ether oxygens (including phenoxy) is 1. The van der Waals surface area contributed by atoms with Crippen LogP contribution in [-0.4, -0.2) is 24.7 Å². The highest BCUT2D eigenvalue weighted by atomic mass is 19.1. The Morgan fingerprint density at radius 1 is 1.41 bits per heavy atom. The molecule has 0 saturated heterocycles. The third kappa shape index (κ3) is 3.99. The number of aliphatic carboxylic acids is 1. The maximum absolute atomic E-state index is 13.4. The van der Waals surface area contributed by atoms with Crippen LogP contribution in [0.4, 0.5) is 8.78 Å². The first-order valence-electron chi connectivity index (χ1n) is 4.99. The van der Waals surface area contributed by atoms with E-state index in [1.807, 2.05) is 0 Å². The Morgan fingerprint density at radius 3 is 2.71 bits per heavy atom. The summed E-state index contributed by atoms with van der Waals surface area (Å²) in [7, 11) is 1.25. The van der Waals surface area contributed by atoms with Crippen LogP contribution in [0.15, 0.2) is 12.1 Å². The normalized spacial score (nSPS) is 10.3. The molecule has 2 N–H and O–H groups in total. The van der Waals surface area contributed by atoms with Gasteiger partial charge in [-0.3, -0.25) is 4.79 Å². The van der Waals surface area contributed by atoms with Gasteiger partial charge in [0.05, 0.1) is 13.5 Å². The minimum atomic E-state index is -0.945. The maximum Gasteiger partial charge on any atom is 0.304 e. The van der Waals surface area contributed by atoms with E-state index in [4.69, 9.17) is 5.11 Å². The Balaban J connectivity index is 2.59. The van der Waals surface area contributed by atoms with E-state index < -0.39 is 17.6 Å². The lowest BCUT2D eigenvalue weighted by Gasteiger charge is -2.07. The molecule has 1 rings (SSSR count). The van der Waals surface area contributed by atoms with Crippen LogP contribution in [0, 0.1) is 11.6 Å². The minimum Gasteiger partial charge on any atom is -0.494 e. The van der Waals surface area contributed by atoms with Crippen LogP contribution in [0.3, 0.4) is 0 Å². The molecule has 0 aliphatic rings. The minimum absolute atomic E-state index is 0.0692. The van der Waals surface area contributed by atoms with Gasteiger partial charge in [0.2, 0.25) is 0 Å². The van der Waals surface area contributed by atoms with Crippen molar-refractivity contribution >= 4 is 5.97 Å². The van der Waals surface area contributed by atoms with Crippen LogP contribution >= 0.6 is 0 Å². The first-order valence-corrected chi connectivity index (χ1v) is 4.99. The van der Waals surface area contributed by atoms with E-state index in [0.717, 1.165) is 12.1 Å². The average Bonchev–Trinajstić information content (AvgIpc) is 2.28. The van der Waals surface area contributed by atoms with Crippen LogP contribution < -0.4 is 10.1 Å². The molecule has 6 heteroatoms. The molecule has 0 amide bonds. The van der Waals surface area contributed by atoms with Crippen molar-refractivity contribution in [1.82, 2.24) is 5.32 Å². The van der Waals surface area contributed by atoms with Gasteiger partial charge in [-0.15, -0.1) is 0 Å². The van der Waals surface area contributed by atoms with Crippen LogP contribution in [0.25, 0.3) is 0 Å². The van der Waals surface area contributed by atoms with Gasteiger partial charge >= 0.3 is 5.97 Å². The number of benzene rings is 1. The Kier molecular flexibility index (Phi) is 4.84. The molecule has 0 fully saturated rings. The molecule has 0 heterocycles. The third-order valence-electron chi connectivity index (χ3n) is 2.15. The summed E-state index contributed by atoms with van der Waals surface area (Å²) in [6.07, 6.45) is -0.0692. The molecule has 4 nitrogen and oxygen atoms in total. The van der Waals surface area contributed by atoms with Gasteiger partial charge in [0, 0.05) is 24.7 Å². The second-order valence-corrected chi connectivity index (χ2v) is 3.40. The van der Waals surface area contributed by atoms with Crippen LogP contribution in [0.2, 0.25) is 0 Å². The van der Waals surface area contributed by atoms with Crippen molar-refractivity contribution in [3.63, 3.8) is 0 Å². The van der Waals surface area contributed by atoms with Crippen LogP contribution in [0.5, 0.6) is 5.75 Å². The number of methoxy groups -OCH3 is 1. The van der Waals surface area contributed by atoms with Gasteiger partial charge in [-0.2, -0.15) is 0 Å². The smallest absolute Gasteiger partial charge is 0.304 e. The quantitative estimate of drug-likeness (QED) is 0.746. The highest BCUT2D eigenvalue weighted by molar-refractivity contribution is 5.66. The van der Waals surface area contributed by atoms with E-state index in [2.05, 4.69) is 10.1 Å². The first kappa shape index (κ1) is 13.4. The Hall–Kier alpha value is -1.69. The lowest BCUT2D eigenvalue weighted by Crippen LogP contribution is -2.18. The van der Waals surface area contributed by atoms with E-state index in [1.54, 1.807) is 0 Å². The number of hydrogen-bond donors (Lipinski definition) is 2. The largest absolute Gasteiger partial charge is 0.494 e. The van der Waals surface area contributed by atoms with Crippen molar-refractivity contribution < 1.29 is 23.4 Å². The van der Waals surface area contributed by atoms with Gasteiger partial charge in [-0.25, -0.2) is 8.78 Å². The van der Waals surface area contributed by atoms with Gasteiger partial charge in [0.15, 0.2) is 11.6 Å². The van der Waals surface area contributed by atoms with Crippen molar-refractivity contribution in [3.05, 3.63) is 29.3 Å². The fourth-order valence-electron chi connectivity index (χ4n) is 1.28. The summed E-state index contributed by atoms with van der Waals surface area (Å²) >= 11 is 0. The summed E-state index contributed by atoms with van der Waals surface area (Å²) in [5.74, 6) is -2.34. The van der Waals surface area contributed by atoms with E-state index in [9.17, 15) is 13.6 Å². The van der Waals surface area contributed by atoms with Crippen LogP contribution in [0.1, 0.15) is 12.0 Å². The fourth-order valence-corrected chi connectivity index (χ4v) is 1.28. The second-order valence-electron chi connectivity index (χ2n) is 3.40. The molecule has 17 heavy (non-hydrogen) atoms. The summed E-state index contributed by atoms with van der Waals surface area (Å²) in [5, 5.41) is 11.1. The predicted octanol–water partition coefficient (Wildman–Crippen LogP) is 1.54. The highest BCUT2D eigenvalue weighted by Crippen LogP contribution is 2.20. The predicted molar refractivity (Wildman–Crippen MR) is 56.9 cm³/mol. The van der Waals surface area contributed by atoms with E-state index in [1.165, 1.54) is 7.11 Å². The van der Waals surface area contributed by atoms with E-state index in [-0.39, 0.29) is 30.8 Å². The monoisotopic (exact) mass is 245 g/mol. The topological polar surface area (TPSA) is 58.6 Å². The van der Waals surface area contributed by atoms with Gasteiger partial charge in [0.1, 0.15) is 5.82 Å². The molecule has 1 aromatic rings. The molecule has 0 aliphatic carbocycles. The molecule has 94 valence electrons. The maximum atomic E-state index is 13.4. The van der Waals surface area contributed by atoms with Crippen molar-refractivity contribution in [2.75, 3.05) is 13.7 Å². The molecular weight excluding hydrogens is 232 g/mol. The van der Waals surface area contributed by atoms with E-state index >= 15 is 0 Å². The molecule has 0 unspecified atom stereocenters. The van der Waals surface area contributed by atoms with Gasteiger partial charge in [-0.05, 0) is 6.07 Å². The van der Waals surface area contributed by atoms with Crippen molar-refractivity contribution in [2.45, 2.75) is 13.0 Å². The SMILES string of the molecule is COc1cc(F)c(CNCCC(=O)O)cc1F. The Labute approximate surface area is 97.2 Å². The average molecular weight is 245 g/mol. The molecule has 1 aromatic carbocycles. The van der Waals surface area contributed by atoms with Gasteiger partial charge in [-0.1, -0.05) is 0 Å². The molecule has 0 aliphatic heterocycles. The first-order chi connectivity index (χ1) is 8.04. The highest BCUT2D eigenvalue weighted by Gasteiger charge is 2.10. The van der Waals surface area contributed by atoms with Crippen molar-refractivity contribution in [2.24, 2.45) is 0 Å². The van der Waals surface area contributed by atoms with E-state index in [0.29, 0.717) is 0 Å². The Bertz CT molecular complexity index is 410. The summed E-state index contributed by atoms with van der Waals surface area (Å²) in [4.78, 5) is 10.2. The van der Waals surface area contributed by atoms with Gasteiger partial charge in [0.25, 0.3) is 0 Å². The lowest BCUT2D eigenvalue weighted by molar-refractivity contribution is -0.136. The fraction of sp³-hybridized carbons (Fsp3) is 0.364. The molecule has 0 atom stereocenters. The zero-order valence-corrected chi connectivity index (χ0v) is 9.30. The number of carboxylic acid groups (broad SMARTS) is 1. The van der Waals surface area contributed by atoms with Gasteiger partial charge < -0.3 is 15.2 Å². The molecule has 0 spiro atoms.